The van der Waals surface area contributed by atoms with Crippen molar-refractivity contribution in [3.8, 4) is 0 Å². The lowest BCUT2D eigenvalue weighted by Crippen LogP contribution is -2.37. The number of pyridine rings is 1. The third kappa shape index (κ3) is 6.84. The minimum atomic E-state index is -3.23. The Kier molecular flexibility index (Phi) is 8.02. The minimum absolute atomic E-state index is 0.0244. The molecule has 12 heteroatoms. The van der Waals surface area contributed by atoms with Crippen LogP contribution in [0, 0.1) is 11.8 Å². The van der Waals surface area contributed by atoms with Crippen LogP contribution in [-0.4, -0.2) is 37.3 Å². The number of aromatic nitrogens is 4. The van der Waals surface area contributed by atoms with E-state index in [4.69, 9.17) is 4.98 Å². The fraction of sp³-hybridized carbons (Fsp3) is 0.552. The number of nitrogens with zero attached hydrogens (tertiary/aromatic N) is 4. The quantitative estimate of drug-likeness (QED) is 0.294. The molecule has 2 aliphatic rings. The van der Waals surface area contributed by atoms with Crippen LogP contribution < -0.4 is 10.6 Å². The van der Waals surface area contributed by atoms with Crippen LogP contribution in [0.5, 0.6) is 0 Å². The van der Waals surface area contributed by atoms with Crippen molar-refractivity contribution in [2.24, 2.45) is 11.8 Å². The first-order valence-corrected chi connectivity index (χ1v) is 14.1. The molecule has 0 unspecified atom stereocenters. The van der Waals surface area contributed by atoms with E-state index in [1.165, 1.54) is 12.1 Å². The number of amides is 2. The predicted molar refractivity (Wildman–Crippen MR) is 142 cm³/mol. The zero-order valence-corrected chi connectivity index (χ0v) is 23.0. The first-order chi connectivity index (χ1) is 19.4. The summed E-state index contributed by atoms with van der Waals surface area (Å²) < 4.78 is 57.2. The Morgan fingerprint density at radius 2 is 1.78 bits per heavy atom. The molecule has 0 aliphatic heterocycles. The maximum Gasteiger partial charge on any atom is 0.287 e. The van der Waals surface area contributed by atoms with Crippen LogP contribution in [0.25, 0.3) is 5.65 Å². The van der Waals surface area contributed by atoms with Crippen molar-refractivity contribution >= 4 is 17.5 Å². The largest absolute Gasteiger partial charge is 0.349 e. The Balaban J connectivity index is 1.44. The molecular weight excluding hydrogens is 540 g/mol. The molecule has 3 heterocycles. The molecule has 5 rings (SSSR count). The molecule has 3 aromatic rings. The van der Waals surface area contributed by atoms with Crippen LogP contribution in [0.2, 0.25) is 0 Å². The summed E-state index contributed by atoms with van der Waals surface area (Å²) in [6.45, 7) is 2.64. The molecule has 3 aromatic heterocycles. The van der Waals surface area contributed by atoms with Crippen LogP contribution >= 0.6 is 0 Å². The fourth-order valence-electron chi connectivity index (χ4n) is 5.46. The third-order valence-electron chi connectivity index (χ3n) is 7.88. The van der Waals surface area contributed by atoms with Gasteiger partial charge in [-0.15, -0.1) is 0 Å². The van der Waals surface area contributed by atoms with E-state index < -0.39 is 29.5 Å². The molecule has 2 amide bonds. The number of hydrogen-bond donors (Lipinski definition) is 2. The van der Waals surface area contributed by atoms with Gasteiger partial charge < -0.3 is 10.6 Å². The zero-order valence-electron chi connectivity index (χ0n) is 23.0. The van der Waals surface area contributed by atoms with Crippen molar-refractivity contribution in [3.05, 3.63) is 59.3 Å². The molecular formula is C29H34F4N6O2. The first-order valence-electron chi connectivity index (χ1n) is 14.1. The van der Waals surface area contributed by atoms with Gasteiger partial charge >= 0.3 is 0 Å². The molecule has 2 N–H and O–H groups in total. The number of carbonyl (C=O) groups is 2. The van der Waals surface area contributed by atoms with Gasteiger partial charge in [-0.25, -0.2) is 23.3 Å². The highest BCUT2D eigenvalue weighted by Crippen LogP contribution is 2.43. The van der Waals surface area contributed by atoms with Crippen molar-refractivity contribution in [2.75, 3.05) is 0 Å². The molecule has 0 bridgehead atoms. The number of alkyl halides is 4. The highest BCUT2D eigenvalue weighted by Gasteiger charge is 2.40. The third-order valence-corrected chi connectivity index (χ3v) is 7.88. The van der Waals surface area contributed by atoms with Gasteiger partial charge in [0.2, 0.25) is 11.8 Å². The van der Waals surface area contributed by atoms with Gasteiger partial charge in [0.1, 0.15) is 11.4 Å². The smallest absolute Gasteiger partial charge is 0.287 e. The Hall–Kier alpha value is -3.57. The van der Waals surface area contributed by atoms with E-state index in [0.717, 1.165) is 30.9 Å². The predicted octanol–water partition coefficient (Wildman–Crippen LogP) is 5.90. The van der Waals surface area contributed by atoms with Crippen LogP contribution in [0.3, 0.4) is 0 Å². The second kappa shape index (κ2) is 11.4. The average molecular weight is 575 g/mol. The van der Waals surface area contributed by atoms with Gasteiger partial charge in [-0.3, -0.25) is 9.59 Å². The molecule has 0 radical (unpaired) electrons. The Morgan fingerprint density at radius 3 is 2.44 bits per heavy atom. The molecule has 0 spiro atoms. The summed E-state index contributed by atoms with van der Waals surface area (Å²) >= 11 is 0. The molecule has 8 nitrogen and oxygen atoms in total. The molecule has 2 aliphatic carbocycles. The van der Waals surface area contributed by atoms with E-state index in [1.807, 2.05) is 13.0 Å². The monoisotopic (exact) mass is 574 g/mol. The number of imidazole rings is 1. The summed E-state index contributed by atoms with van der Waals surface area (Å²) in [6, 6.07) is 4.70. The van der Waals surface area contributed by atoms with Crippen LogP contribution in [0.1, 0.15) is 105 Å². The summed E-state index contributed by atoms with van der Waals surface area (Å²) in [5.74, 6) is -6.76. The standard InChI is InChI=1S/C29H34F4N6O2/c1-3-5-24(40)37-25(17-8-9-17)19-14-23-36-21(16-39(23)34-15-19)26(18-10-12-29(32,33)13-11-18)38-27(41)20-6-4-7-22(35-20)28(2,30)31/h4,6-7,14-18,25-26H,3,5,8-13H2,1-2H3,(H,37,40)(H,38,41)/t25-,26+/m1/s1. The van der Waals surface area contributed by atoms with E-state index in [9.17, 15) is 27.2 Å². The van der Waals surface area contributed by atoms with E-state index in [1.54, 1.807) is 16.9 Å². The highest BCUT2D eigenvalue weighted by molar-refractivity contribution is 5.92. The molecule has 41 heavy (non-hydrogen) atoms. The fourth-order valence-corrected chi connectivity index (χ4v) is 5.46. The van der Waals surface area contributed by atoms with Gasteiger partial charge in [0.15, 0.2) is 5.65 Å². The van der Waals surface area contributed by atoms with Gasteiger partial charge in [-0.1, -0.05) is 13.0 Å². The average Bonchev–Trinajstić information content (AvgIpc) is 3.68. The summed E-state index contributed by atoms with van der Waals surface area (Å²) in [7, 11) is 0. The lowest BCUT2D eigenvalue weighted by Gasteiger charge is -2.33. The summed E-state index contributed by atoms with van der Waals surface area (Å²) in [4.78, 5) is 34.1. The number of hydrogen-bond acceptors (Lipinski definition) is 5. The van der Waals surface area contributed by atoms with Gasteiger partial charge in [-0.2, -0.15) is 13.9 Å². The Morgan fingerprint density at radius 1 is 1.07 bits per heavy atom. The maximum absolute atomic E-state index is 14.0. The van der Waals surface area contributed by atoms with Crippen LogP contribution in [0.15, 0.2) is 36.7 Å². The maximum atomic E-state index is 14.0. The molecule has 0 aromatic carbocycles. The van der Waals surface area contributed by atoms with Crippen LogP contribution in [0.4, 0.5) is 17.6 Å². The van der Waals surface area contributed by atoms with Gasteiger partial charge in [0.25, 0.3) is 11.8 Å². The summed E-state index contributed by atoms with van der Waals surface area (Å²) in [5, 5.41) is 10.4. The van der Waals surface area contributed by atoms with Crippen molar-refractivity contribution in [1.29, 1.82) is 0 Å². The van der Waals surface area contributed by atoms with Gasteiger partial charge in [-0.05, 0) is 67.7 Å². The molecule has 220 valence electrons. The normalized spacial score (nSPS) is 19.1. The first kappa shape index (κ1) is 28.9. The van der Waals surface area contributed by atoms with Gasteiger partial charge in [0, 0.05) is 26.2 Å². The highest BCUT2D eigenvalue weighted by atomic mass is 19.3. The number of fused-ring (bicyclic) bond motifs is 1. The minimum Gasteiger partial charge on any atom is -0.349 e. The molecule has 0 saturated heterocycles. The van der Waals surface area contributed by atoms with E-state index in [-0.39, 0.29) is 49.2 Å². The number of carbonyl (C=O) groups excluding carboxylic acids is 2. The molecule has 2 saturated carbocycles. The Labute approximate surface area is 235 Å². The number of halogens is 4. The Bertz CT molecular complexity index is 1410. The number of nitrogens with one attached hydrogen (secondary N) is 2. The topological polar surface area (TPSA) is 101 Å². The van der Waals surface area contributed by atoms with Crippen molar-refractivity contribution in [3.63, 3.8) is 0 Å². The summed E-state index contributed by atoms with van der Waals surface area (Å²) in [6.07, 6.45) is 6.16. The lowest BCUT2D eigenvalue weighted by molar-refractivity contribution is -0.122. The summed E-state index contributed by atoms with van der Waals surface area (Å²) in [5.41, 5.74) is 0.988. The zero-order chi connectivity index (χ0) is 29.4. The second-order valence-corrected chi connectivity index (χ2v) is 11.3. The molecule has 2 atom stereocenters. The van der Waals surface area contributed by atoms with Crippen molar-refractivity contribution in [2.45, 2.75) is 89.1 Å². The van der Waals surface area contributed by atoms with Gasteiger partial charge in [0.05, 0.1) is 30.2 Å². The molecule has 2 fully saturated rings. The van der Waals surface area contributed by atoms with E-state index in [2.05, 4.69) is 20.7 Å². The SMILES string of the molecule is CCCC(=O)N[C@@H](c1cnn2cc([C@@H](NC(=O)c3cccc(C(C)(F)F)n3)C3CCC(F)(F)CC3)nc2c1)C1CC1. The number of rotatable bonds is 10. The van der Waals surface area contributed by atoms with Crippen LogP contribution in [-0.2, 0) is 10.7 Å². The lowest BCUT2D eigenvalue weighted by atomic mass is 9.81. The van der Waals surface area contributed by atoms with E-state index >= 15 is 0 Å². The van der Waals surface area contributed by atoms with E-state index in [0.29, 0.717) is 30.6 Å². The van der Waals surface area contributed by atoms with Crippen molar-refractivity contribution < 1.29 is 27.2 Å². The second-order valence-electron chi connectivity index (χ2n) is 11.3. The van der Waals surface area contributed by atoms with Crippen molar-refractivity contribution in [1.82, 2.24) is 30.2 Å².